The smallest absolute Gasteiger partial charge is 0.261 e. The molecule has 7 aromatic carbocycles. The fourth-order valence-corrected chi connectivity index (χ4v) is 10.9. The van der Waals surface area contributed by atoms with Crippen molar-refractivity contribution >= 4 is 44.9 Å². The van der Waals surface area contributed by atoms with Crippen molar-refractivity contribution in [2.24, 2.45) is 0 Å². The number of hydrogen-bond acceptors (Lipinski definition) is 2. The highest BCUT2D eigenvalue weighted by Gasteiger charge is 2.48. The van der Waals surface area contributed by atoms with Gasteiger partial charge in [-0.05, 0) is 103 Å². The Kier molecular flexibility index (Phi) is 6.02. The Hall–Kier alpha value is -6.00. The minimum Gasteiger partial charge on any atom is -0.458 e. The zero-order valence-electron chi connectivity index (χ0n) is 33.0. The minimum absolute atomic E-state index is 0.0182. The van der Waals surface area contributed by atoms with Crippen LogP contribution < -0.4 is 25.9 Å². The molecule has 56 heavy (non-hydrogen) atoms. The Labute approximate surface area is 328 Å². The Bertz CT molecular complexity index is 3080. The highest BCUT2D eigenvalue weighted by Crippen LogP contribution is 2.55. The highest BCUT2D eigenvalue weighted by molar-refractivity contribution is 6.99. The molecule has 0 saturated carbocycles. The van der Waals surface area contributed by atoms with Crippen LogP contribution >= 0.6 is 0 Å². The van der Waals surface area contributed by atoms with Crippen LogP contribution in [0.2, 0.25) is 0 Å². The Morgan fingerprint density at radius 3 is 1.96 bits per heavy atom. The van der Waals surface area contributed by atoms with Gasteiger partial charge in [0.15, 0.2) is 0 Å². The monoisotopic (exact) mass is 723 g/mol. The molecule has 4 aliphatic rings. The van der Waals surface area contributed by atoms with Crippen molar-refractivity contribution in [3.05, 3.63) is 155 Å². The molecule has 4 heteroatoms. The molecule has 2 aliphatic carbocycles. The number of ether oxygens (including phenoxy) is 2. The number of para-hydroxylation sites is 1. The molecular formula is C52H42BNO2. The predicted molar refractivity (Wildman–Crippen MR) is 232 cm³/mol. The molecule has 0 N–H and O–H groups in total. The summed E-state index contributed by atoms with van der Waals surface area (Å²) in [6.45, 7) is 16.4. The van der Waals surface area contributed by atoms with Crippen LogP contribution in [-0.2, 0) is 16.2 Å². The lowest BCUT2D eigenvalue weighted by atomic mass is 9.33. The Balaban J connectivity index is 1.22. The van der Waals surface area contributed by atoms with Crippen molar-refractivity contribution in [2.45, 2.75) is 64.7 Å². The summed E-state index contributed by atoms with van der Waals surface area (Å²) in [4.78, 5) is 0. The first kappa shape index (κ1) is 32.3. The molecule has 0 amide bonds. The molecule has 2 aliphatic heterocycles. The minimum atomic E-state index is -0.291. The van der Waals surface area contributed by atoms with Crippen LogP contribution in [-0.4, -0.2) is 11.3 Å². The second kappa shape index (κ2) is 10.4. The SMILES string of the molecule is CC(C)(C)c1ccc2c(c1)B1c3c(cccc3Oc3cc(-n4c5ccccc5c5cc6c(cc54)-c4ccccc4C6(C)C)c4c(c31)-c1ccccc1C4(C)C)O2. The summed E-state index contributed by atoms with van der Waals surface area (Å²) in [6.07, 6.45) is 0. The van der Waals surface area contributed by atoms with E-state index in [9.17, 15) is 0 Å². The fraction of sp³-hybridized carbons (Fsp3) is 0.192. The van der Waals surface area contributed by atoms with Gasteiger partial charge in [-0.25, -0.2) is 0 Å². The van der Waals surface area contributed by atoms with Gasteiger partial charge in [-0.1, -0.05) is 133 Å². The quantitative estimate of drug-likeness (QED) is 0.157. The van der Waals surface area contributed by atoms with E-state index in [-0.39, 0.29) is 23.0 Å². The van der Waals surface area contributed by atoms with Crippen LogP contribution in [0.4, 0.5) is 0 Å². The molecular weight excluding hydrogens is 681 g/mol. The summed E-state index contributed by atoms with van der Waals surface area (Å²) in [6, 6.07) is 47.4. The first-order valence-electron chi connectivity index (χ1n) is 20.0. The standard InChI is InChI=1S/C52H42BNO2/c1-50(2,3)29-23-24-42-38(25-29)53-48-43(55-42)21-14-22-44(48)56-45-28-41(47-46(49(45)53)32-17-9-12-19-36(32)52(47,6)7)54-39-20-13-10-16-31(39)34-26-37-33(27-40(34)54)30-15-8-11-18-35(30)51(37,4)5/h8-28H,1-7H3. The molecule has 3 nitrogen and oxygen atoms in total. The maximum Gasteiger partial charge on any atom is 0.261 e. The van der Waals surface area contributed by atoms with Gasteiger partial charge in [0.2, 0.25) is 0 Å². The van der Waals surface area contributed by atoms with E-state index >= 15 is 0 Å². The van der Waals surface area contributed by atoms with Gasteiger partial charge in [-0.15, -0.1) is 0 Å². The average molecular weight is 724 g/mol. The first-order valence-corrected chi connectivity index (χ1v) is 20.0. The van der Waals surface area contributed by atoms with E-state index in [1.165, 1.54) is 88.5 Å². The molecule has 0 fully saturated rings. The van der Waals surface area contributed by atoms with Crippen molar-refractivity contribution in [1.29, 1.82) is 0 Å². The summed E-state index contributed by atoms with van der Waals surface area (Å²) in [7, 11) is 0. The molecule has 0 radical (unpaired) electrons. The van der Waals surface area contributed by atoms with Crippen molar-refractivity contribution in [2.75, 3.05) is 0 Å². The molecule has 1 aromatic heterocycles. The van der Waals surface area contributed by atoms with Gasteiger partial charge in [0.1, 0.15) is 23.0 Å². The Morgan fingerprint density at radius 1 is 0.518 bits per heavy atom. The number of aromatic nitrogens is 1. The van der Waals surface area contributed by atoms with Crippen LogP contribution in [0.15, 0.2) is 127 Å². The molecule has 0 unspecified atom stereocenters. The molecule has 0 atom stereocenters. The number of benzene rings is 7. The van der Waals surface area contributed by atoms with Crippen molar-refractivity contribution in [3.63, 3.8) is 0 Å². The molecule has 0 spiro atoms. The Morgan fingerprint density at radius 2 is 1.20 bits per heavy atom. The van der Waals surface area contributed by atoms with E-state index in [2.05, 4.69) is 180 Å². The van der Waals surface area contributed by atoms with E-state index in [1.54, 1.807) is 0 Å². The zero-order chi connectivity index (χ0) is 38.0. The van der Waals surface area contributed by atoms with Gasteiger partial charge in [-0.2, -0.15) is 0 Å². The van der Waals surface area contributed by atoms with Gasteiger partial charge in [0.25, 0.3) is 6.71 Å². The van der Waals surface area contributed by atoms with Crippen LogP contribution in [0.5, 0.6) is 23.0 Å². The number of rotatable bonds is 1. The van der Waals surface area contributed by atoms with E-state index in [1.807, 2.05) is 0 Å². The second-order valence-corrected chi connectivity index (χ2v) is 18.5. The zero-order valence-corrected chi connectivity index (χ0v) is 33.0. The van der Waals surface area contributed by atoms with Crippen LogP contribution in [0.3, 0.4) is 0 Å². The third kappa shape index (κ3) is 3.94. The topological polar surface area (TPSA) is 23.4 Å². The van der Waals surface area contributed by atoms with Crippen molar-refractivity contribution < 1.29 is 9.47 Å². The fourth-order valence-electron chi connectivity index (χ4n) is 10.9. The summed E-state index contributed by atoms with van der Waals surface area (Å²) in [5.41, 5.74) is 18.7. The molecule has 8 aromatic rings. The predicted octanol–water partition coefficient (Wildman–Crippen LogP) is 11.4. The normalized spacial score (nSPS) is 15.9. The maximum atomic E-state index is 7.16. The second-order valence-electron chi connectivity index (χ2n) is 18.5. The molecule has 12 rings (SSSR count). The summed E-state index contributed by atoms with van der Waals surface area (Å²) in [5.74, 6) is 3.57. The van der Waals surface area contributed by atoms with Gasteiger partial charge in [0, 0.05) is 33.1 Å². The van der Waals surface area contributed by atoms with Crippen LogP contribution in [0.1, 0.15) is 76.3 Å². The third-order valence-electron chi connectivity index (χ3n) is 13.7. The van der Waals surface area contributed by atoms with Crippen LogP contribution in [0.25, 0.3) is 49.7 Å². The maximum absolute atomic E-state index is 7.16. The van der Waals surface area contributed by atoms with E-state index in [0.717, 1.165) is 28.5 Å². The lowest BCUT2D eigenvalue weighted by molar-refractivity contribution is 0.464. The lowest BCUT2D eigenvalue weighted by Crippen LogP contribution is -2.58. The molecule has 0 bridgehead atoms. The van der Waals surface area contributed by atoms with E-state index in [0.29, 0.717) is 0 Å². The van der Waals surface area contributed by atoms with Crippen molar-refractivity contribution in [1.82, 2.24) is 4.57 Å². The molecule has 0 saturated heterocycles. The molecule has 3 heterocycles. The van der Waals surface area contributed by atoms with E-state index in [4.69, 9.17) is 9.47 Å². The lowest BCUT2D eigenvalue weighted by Gasteiger charge is -2.36. The summed E-state index contributed by atoms with van der Waals surface area (Å²) in [5, 5.41) is 2.55. The van der Waals surface area contributed by atoms with Crippen LogP contribution in [0, 0.1) is 0 Å². The number of nitrogens with zero attached hydrogens (tertiary/aromatic N) is 1. The highest BCUT2D eigenvalue weighted by atomic mass is 16.5. The number of fused-ring (bicyclic) bond motifs is 14. The average Bonchev–Trinajstić information content (AvgIpc) is 3.73. The van der Waals surface area contributed by atoms with Gasteiger partial charge in [0.05, 0.1) is 16.7 Å². The van der Waals surface area contributed by atoms with Gasteiger partial charge < -0.3 is 14.0 Å². The van der Waals surface area contributed by atoms with Crippen molar-refractivity contribution in [3.8, 4) is 50.9 Å². The van der Waals surface area contributed by atoms with Gasteiger partial charge in [-0.3, -0.25) is 0 Å². The van der Waals surface area contributed by atoms with E-state index < -0.39 is 0 Å². The third-order valence-corrected chi connectivity index (χ3v) is 13.7. The largest absolute Gasteiger partial charge is 0.458 e. The summed E-state index contributed by atoms with van der Waals surface area (Å²) < 4.78 is 16.4. The first-order chi connectivity index (χ1) is 26.9. The summed E-state index contributed by atoms with van der Waals surface area (Å²) >= 11 is 0. The molecule has 270 valence electrons. The number of hydrogen-bond donors (Lipinski definition) is 0. The van der Waals surface area contributed by atoms with Gasteiger partial charge >= 0.3 is 0 Å².